The lowest BCUT2D eigenvalue weighted by atomic mass is 9.83. The van der Waals surface area contributed by atoms with E-state index in [0.717, 1.165) is 44.6 Å². The maximum Gasteiger partial charge on any atom is 0.240 e. The van der Waals surface area contributed by atoms with Crippen LogP contribution in [0.1, 0.15) is 18.4 Å². The van der Waals surface area contributed by atoms with Crippen molar-refractivity contribution in [2.75, 3.05) is 33.2 Å². The maximum atomic E-state index is 12.3. The number of carbonyl (C=O) groups excluding carboxylic acids is 1. The molecule has 2 fully saturated rings. The molecule has 1 spiro atoms. The molecule has 0 radical (unpaired) electrons. The van der Waals surface area contributed by atoms with E-state index in [1.807, 2.05) is 7.05 Å². The highest BCUT2D eigenvalue weighted by Crippen LogP contribution is 2.34. The molecule has 126 valence electrons. The number of rotatable bonds is 2. The van der Waals surface area contributed by atoms with Crippen LogP contribution in [0.3, 0.4) is 0 Å². The summed E-state index contributed by atoms with van der Waals surface area (Å²) in [7, 11) is 2.02. The van der Waals surface area contributed by atoms with Gasteiger partial charge in [0.1, 0.15) is 11.3 Å². The van der Waals surface area contributed by atoms with Crippen molar-refractivity contribution in [1.29, 1.82) is 0 Å². The molecule has 2 aliphatic rings. The third kappa shape index (κ3) is 3.15. The molecule has 1 aromatic rings. The number of nitrogens with one attached hydrogen (secondary N) is 1. The number of phenolic OH excluding ortho intramolecular Hbond substituents is 1. The molecule has 23 heavy (non-hydrogen) atoms. The molecule has 1 amide bonds. The SMILES string of the molecule is CN1CCNC(=O)C12CCN(Cc1cc(Cl)cc(Cl)c1O)CC2. The van der Waals surface area contributed by atoms with Crippen LogP contribution < -0.4 is 5.32 Å². The molecule has 0 saturated carbocycles. The highest BCUT2D eigenvalue weighted by Gasteiger charge is 2.46. The number of nitrogens with zero attached hydrogens (tertiary/aromatic N) is 2. The Morgan fingerprint density at radius 1 is 1.26 bits per heavy atom. The summed E-state index contributed by atoms with van der Waals surface area (Å²) in [5.41, 5.74) is 0.336. The van der Waals surface area contributed by atoms with Crippen molar-refractivity contribution < 1.29 is 9.90 Å². The van der Waals surface area contributed by atoms with Gasteiger partial charge >= 0.3 is 0 Å². The maximum absolute atomic E-state index is 12.3. The number of aromatic hydroxyl groups is 1. The van der Waals surface area contributed by atoms with Crippen molar-refractivity contribution in [3.8, 4) is 5.75 Å². The van der Waals surface area contributed by atoms with Crippen molar-refractivity contribution in [1.82, 2.24) is 15.1 Å². The third-order valence-corrected chi connectivity index (χ3v) is 5.58. The Morgan fingerprint density at radius 3 is 2.61 bits per heavy atom. The predicted molar refractivity (Wildman–Crippen MR) is 91.0 cm³/mol. The fourth-order valence-corrected chi connectivity index (χ4v) is 4.10. The van der Waals surface area contributed by atoms with Crippen LogP contribution in [0, 0.1) is 0 Å². The average Bonchev–Trinajstić information content (AvgIpc) is 2.51. The quantitative estimate of drug-likeness (QED) is 0.850. The van der Waals surface area contributed by atoms with Crippen LogP contribution in [0.15, 0.2) is 12.1 Å². The number of likely N-dealkylation sites (N-methyl/N-ethyl adjacent to an activating group) is 1. The van der Waals surface area contributed by atoms with Crippen LogP contribution in [-0.4, -0.2) is 59.6 Å². The van der Waals surface area contributed by atoms with Crippen LogP contribution in [0.2, 0.25) is 10.0 Å². The largest absolute Gasteiger partial charge is 0.506 e. The Bertz CT molecular complexity index is 616. The number of likely N-dealkylation sites (tertiary alicyclic amines) is 1. The Kier molecular flexibility index (Phi) is 4.74. The van der Waals surface area contributed by atoms with Gasteiger partial charge in [-0.2, -0.15) is 0 Å². The number of amides is 1. The summed E-state index contributed by atoms with van der Waals surface area (Å²) in [5.74, 6) is 0.225. The van der Waals surface area contributed by atoms with Crippen molar-refractivity contribution >= 4 is 29.1 Å². The van der Waals surface area contributed by atoms with Crippen molar-refractivity contribution in [3.63, 3.8) is 0 Å². The van der Waals surface area contributed by atoms with Gasteiger partial charge in [0.2, 0.25) is 5.91 Å². The molecule has 0 aromatic heterocycles. The minimum absolute atomic E-state index is 0.0869. The van der Waals surface area contributed by atoms with Gasteiger partial charge in [0.25, 0.3) is 0 Å². The third-order valence-electron chi connectivity index (χ3n) is 5.07. The van der Waals surface area contributed by atoms with Crippen LogP contribution in [0.5, 0.6) is 5.75 Å². The van der Waals surface area contributed by atoms with Gasteiger partial charge < -0.3 is 10.4 Å². The van der Waals surface area contributed by atoms with E-state index in [2.05, 4.69) is 15.1 Å². The monoisotopic (exact) mass is 357 g/mol. The molecular weight excluding hydrogens is 337 g/mol. The zero-order valence-electron chi connectivity index (χ0n) is 13.1. The molecule has 0 unspecified atom stereocenters. The highest BCUT2D eigenvalue weighted by molar-refractivity contribution is 6.35. The second-order valence-electron chi connectivity index (χ2n) is 6.38. The molecule has 0 atom stereocenters. The van der Waals surface area contributed by atoms with Crippen molar-refractivity contribution in [3.05, 3.63) is 27.7 Å². The van der Waals surface area contributed by atoms with E-state index in [9.17, 15) is 9.90 Å². The topological polar surface area (TPSA) is 55.8 Å². The number of halogens is 2. The molecular formula is C16H21Cl2N3O2. The lowest BCUT2D eigenvalue weighted by Crippen LogP contribution is -2.66. The molecule has 2 N–H and O–H groups in total. The molecule has 2 saturated heterocycles. The smallest absolute Gasteiger partial charge is 0.240 e. The number of hydrogen-bond donors (Lipinski definition) is 2. The molecule has 2 heterocycles. The lowest BCUT2D eigenvalue weighted by Gasteiger charge is -2.48. The van der Waals surface area contributed by atoms with Crippen LogP contribution in [0.4, 0.5) is 0 Å². The van der Waals surface area contributed by atoms with Gasteiger partial charge in [0.15, 0.2) is 0 Å². The van der Waals surface area contributed by atoms with E-state index < -0.39 is 0 Å². The molecule has 7 heteroatoms. The lowest BCUT2D eigenvalue weighted by molar-refractivity contribution is -0.140. The first kappa shape index (κ1) is 16.8. The van der Waals surface area contributed by atoms with Gasteiger partial charge in [0, 0.05) is 43.3 Å². The standard InChI is InChI=1S/C16H21Cl2N3O2/c1-20-7-4-19-15(23)16(20)2-5-21(6-3-16)10-11-8-12(17)9-13(18)14(11)22/h8-9,22H,2-7,10H2,1H3,(H,19,23). The number of benzene rings is 1. The normalized spacial score (nSPS) is 22.3. The van der Waals surface area contributed by atoms with Crippen LogP contribution in [0.25, 0.3) is 0 Å². The second-order valence-corrected chi connectivity index (χ2v) is 7.22. The summed E-state index contributed by atoms with van der Waals surface area (Å²) < 4.78 is 0. The van der Waals surface area contributed by atoms with E-state index in [1.54, 1.807) is 6.07 Å². The van der Waals surface area contributed by atoms with Crippen LogP contribution in [-0.2, 0) is 11.3 Å². The number of piperazine rings is 1. The molecule has 0 aliphatic carbocycles. The molecule has 0 bridgehead atoms. The molecule has 3 rings (SSSR count). The molecule has 5 nitrogen and oxygen atoms in total. The fourth-order valence-electron chi connectivity index (χ4n) is 3.56. The minimum atomic E-state index is -0.386. The Morgan fingerprint density at radius 2 is 1.96 bits per heavy atom. The van der Waals surface area contributed by atoms with E-state index in [1.165, 1.54) is 6.07 Å². The number of phenols is 1. The summed E-state index contributed by atoms with van der Waals surface area (Å²) in [6.45, 7) is 3.77. The zero-order chi connectivity index (χ0) is 16.6. The number of piperidine rings is 1. The summed E-state index contributed by atoms with van der Waals surface area (Å²) in [6, 6.07) is 3.28. The zero-order valence-corrected chi connectivity index (χ0v) is 14.6. The summed E-state index contributed by atoms with van der Waals surface area (Å²) >= 11 is 12.0. The van der Waals surface area contributed by atoms with Gasteiger partial charge in [-0.15, -0.1) is 0 Å². The Hall–Kier alpha value is -1.01. The summed E-state index contributed by atoms with van der Waals surface area (Å²) in [6.07, 6.45) is 1.56. The van der Waals surface area contributed by atoms with Crippen molar-refractivity contribution in [2.24, 2.45) is 0 Å². The predicted octanol–water partition coefficient (Wildman–Crippen LogP) is 2.10. The first-order chi connectivity index (χ1) is 10.9. The van der Waals surface area contributed by atoms with E-state index in [4.69, 9.17) is 23.2 Å². The first-order valence-corrected chi connectivity index (χ1v) is 8.57. The Balaban J connectivity index is 1.69. The highest BCUT2D eigenvalue weighted by atomic mass is 35.5. The van der Waals surface area contributed by atoms with E-state index in [-0.39, 0.29) is 22.2 Å². The van der Waals surface area contributed by atoms with Gasteiger partial charge in [-0.3, -0.25) is 14.6 Å². The number of hydrogen-bond acceptors (Lipinski definition) is 4. The number of carbonyl (C=O) groups is 1. The summed E-state index contributed by atoms with van der Waals surface area (Å²) in [5, 5.41) is 13.9. The van der Waals surface area contributed by atoms with Crippen LogP contribution >= 0.6 is 23.2 Å². The van der Waals surface area contributed by atoms with Gasteiger partial charge in [0.05, 0.1) is 5.02 Å². The van der Waals surface area contributed by atoms with E-state index in [0.29, 0.717) is 11.6 Å². The van der Waals surface area contributed by atoms with Gasteiger partial charge in [-0.05, 0) is 32.0 Å². The average molecular weight is 358 g/mol. The molecule has 2 aliphatic heterocycles. The minimum Gasteiger partial charge on any atom is -0.506 e. The van der Waals surface area contributed by atoms with Gasteiger partial charge in [-0.1, -0.05) is 23.2 Å². The first-order valence-electron chi connectivity index (χ1n) is 7.81. The van der Waals surface area contributed by atoms with Crippen molar-refractivity contribution in [2.45, 2.75) is 24.9 Å². The molecule has 1 aromatic carbocycles. The van der Waals surface area contributed by atoms with E-state index >= 15 is 0 Å². The van der Waals surface area contributed by atoms with Gasteiger partial charge in [-0.25, -0.2) is 0 Å². The second kappa shape index (κ2) is 6.48. The summed E-state index contributed by atoms with van der Waals surface area (Å²) in [4.78, 5) is 16.7. The fraction of sp³-hybridized carbons (Fsp3) is 0.562. The Labute approximate surface area is 146 Å².